The van der Waals surface area contributed by atoms with Gasteiger partial charge in [0.2, 0.25) is 0 Å². The van der Waals surface area contributed by atoms with Crippen LogP contribution in [0, 0.1) is 0 Å². The van der Waals surface area contributed by atoms with Crippen LogP contribution < -0.4 is 5.32 Å². The normalized spacial score (nSPS) is 11.0. The summed E-state index contributed by atoms with van der Waals surface area (Å²) in [4.78, 5) is 23.6. The van der Waals surface area contributed by atoms with E-state index in [1.807, 2.05) is 28.8 Å². The molecule has 0 saturated carbocycles. The Balaban J connectivity index is 1.70. The van der Waals surface area contributed by atoms with Gasteiger partial charge in [-0.15, -0.1) is 0 Å². The highest BCUT2D eigenvalue weighted by Gasteiger charge is 2.10. The lowest BCUT2D eigenvalue weighted by molar-refractivity contribution is 0.102. The average Bonchev–Trinajstić information content (AvgIpc) is 3.15. The largest absolute Gasteiger partial charge is 0.345 e. The van der Waals surface area contributed by atoms with E-state index in [2.05, 4.69) is 20.3 Å². The minimum absolute atomic E-state index is 0.172. The third-order valence-corrected chi connectivity index (χ3v) is 3.37. The van der Waals surface area contributed by atoms with E-state index in [4.69, 9.17) is 0 Å². The van der Waals surface area contributed by atoms with Gasteiger partial charge in [0.1, 0.15) is 5.52 Å². The number of carbonyl (C=O) groups is 1. The lowest BCUT2D eigenvalue weighted by Crippen LogP contribution is -2.12. The van der Waals surface area contributed by atoms with Gasteiger partial charge in [0.15, 0.2) is 0 Å². The second-order valence-corrected chi connectivity index (χ2v) is 4.70. The highest BCUT2D eigenvalue weighted by Crippen LogP contribution is 2.20. The van der Waals surface area contributed by atoms with Gasteiger partial charge in [0, 0.05) is 11.8 Å². The lowest BCUT2D eigenvalue weighted by Gasteiger charge is -2.06. The van der Waals surface area contributed by atoms with Gasteiger partial charge in [-0.05, 0) is 24.3 Å². The number of imidazole rings is 2. The molecule has 0 saturated heterocycles. The quantitative estimate of drug-likeness (QED) is 0.591. The van der Waals surface area contributed by atoms with Gasteiger partial charge in [0.05, 0.1) is 35.6 Å². The van der Waals surface area contributed by atoms with E-state index in [-0.39, 0.29) is 5.91 Å². The number of aromatic nitrogens is 4. The standard InChI is InChI=1S/C15H11N5O/c21-15(10-4-5-20-9-16-7-11(20)6-10)19-13-3-1-2-12-14(13)18-8-17-12/h1-9H,(H,17,18)(H,19,21). The Labute approximate surface area is 119 Å². The number of nitrogens with zero attached hydrogens (tertiary/aromatic N) is 3. The van der Waals surface area contributed by atoms with E-state index < -0.39 is 0 Å². The van der Waals surface area contributed by atoms with Crippen molar-refractivity contribution in [1.29, 1.82) is 0 Å². The molecule has 4 rings (SSSR count). The Morgan fingerprint density at radius 2 is 2.24 bits per heavy atom. The molecule has 6 nitrogen and oxygen atoms in total. The smallest absolute Gasteiger partial charge is 0.255 e. The molecule has 1 aromatic carbocycles. The summed E-state index contributed by atoms with van der Waals surface area (Å²) in [6.07, 6.45) is 6.83. The van der Waals surface area contributed by atoms with E-state index in [9.17, 15) is 4.79 Å². The molecule has 2 N–H and O–H groups in total. The third-order valence-electron chi connectivity index (χ3n) is 3.37. The zero-order chi connectivity index (χ0) is 14.2. The monoisotopic (exact) mass is 277 g/mol. The van der Waals surface area contributed by atoms with Crippen LogP contribution >= 0.6 is 0 Å². The molecule has 3 aromatic heterocycles. The van der Waals surface area contributed by atoms with Crippen LogP contribution in [0.1, 0.15) is 10.4 Å². The summed E-state index contributed by atoms with van der Waals surface area (Å²) in [6, 6.07) is 9.17. The van der Waals surface area contributed by atoms with Crippen molar-refractivity contribution in [3.05, 3.63) is 60.9 Å². The molecular formula is C15H11N5O. The number of fused-ring (bicyclic) bond motifs is 2. The van der Waals surface area contributed by atoms with Gasteiger partial charge >= 0.3 is 0 Å². The zero-order valence-corrected chi connectivity index (χ0v) is 10.9. The van der Waals surface area contributed by atoms with Crippen molar-refractivity contribution < 1.29 is 4.79 Å². The van der Waals surface area contributed by atoms with Crippen molar-refractivity contribution in [3.63, 3.8) is 0 Å². The van der Waals surface area contributed by atoms with E-state index in [0.717, 1.165) is 16.6 Å². The molecular weight excluding hydrogens is 266 g/mol. The highest BCUT2D eigenvalue weighted by atomic mass is 16.1. The number of amides is 1. The molecule has 0 spiro atoms. The molecule has 21 heavy (non-hydrogen) atoms. The molecule has 102 valence electrons. The number of aromatic amines is 1. The van der Waals surface area contributed by atoms with E-state index >= 15 is 0 Å². The fraction of sp³-hybridized carbons (Fsp3) is 0. The van der Waals surface area contributed by atoms with Gasteiger partial charge in [0.25, 0.3) is 5.91 Å². The topological polar surface area (TPSA) is 75.1 Å². The van der Waals surface area contributed by atoms with Gasteiger partial charge in [-0.1, -0.05) is 6.07 Å². The molecule has 0 bridgehead atoms. The van der Waals surface area contributed by atoms with Crippen molar-refractivity contribution >= 4 is 28.1 Å². The fourth-order valence-corrected chi connectivity index (χ4v) is 2.32. The maximum absolute atomic E-state index is 12.4. The van der Waals surface area contributed by atoms with E-state index in [0.29, 0.717) is 11.3 Å². The van der Waals surface area contributed by atoms with Crippen molar-refractivity contribution in [2.75, 3.05) is 5.32 Å². The molecule has 0 aliphatic carbocycles. The number of rotatable bonds is 2. The molecule has 0 unspecified atom stereocenters. The Kier molecular flexibility index (Phi) is 2.47. The first-order valence-corrected chi connectivity index (χ1v) is 6.46. The summed E-state index contributed by atoms with van der Waals surface area (Å²) in [5.41, 5.74) is 3.78. The molecule has 0 aliphatic heterocycles. The summed E-state index contributed by atoms with van der Waals surface area (Å²) in [5, 5.41) is 2.89. The summed E-state index contributed by atoms with van der Waals surface area (Å²) >= 11 is 0. The minimum atomic E-state index is -0.172. The lowest BCUT2D eigenvalue weighted by atomic mass is 10.2. The summed E-state index contributed by atoms with van der Waals surface area (Å²) in [6.45, 7) is 0. The van der Waals surface area contributed by atoms with Crippen molar-refractivity contribution in [3.8, 4) is 0 Å². The Morgan fingerprint density at radius 3 is 3.19 bits per heavy atom. The highest BCUT2D eigenvalue weighted by molar-refractivity contribution is 6.08. The SMILES string of the molecule is O=C(Nc1cccc2[nH]cnc12)c1ccn2cncc2c1. The molecule has 3 heterocycles. The minimum Gasteiger partial charge on any atom is -0.345 e. The van der Waals surface area contributed by atoms with Crippen LogP contribution in [-0.2, 0) is 0 Å². The predicted octanol–water partition coefficient (Wildman–Crippen LogP) is 2.46. The number of para-hydroxylation sites is 1. The second-order valence-electron chi connectivity index (χ2n) is 4.70. The Hall–Kier alpha value is -3.15. The van der Waals surface area contributed by atoms with Crippen molar-refractivity contribution in [1.82, 2.24) is 19.4 Å². The maximum atomic E-state index is 12.4. The number of anilines is 1. The van der Waals surface area contributed by atoms with Crippen molar-refractivity contribution in [2.24, 2.45) is 0 Å². The van der Waals surface area contributed by atoms with Gasteiger partial charge in [-0.2, -0.15) is 0 Å². The number of benzene rings is 1. The van der Waals surface area contributed by atoms with Crippen LogP contribution in [0.2, 0.25) is 0 Å². The first-order valence-electron chi connectivity index (χ1n) is 6.46. The van der Waals surface area contributed by atoms with Gasteiger partial charge < -0.3 is 14.7 Å². The Bertz CT molecular complexity index is 953. The van der Waals surface area contributed by atoms with Crippen LogP contribution in [0.15, 0.2) is 55.4 Å². The first kappa shape index (κ1) is 11.7. The summed E-state index contributed by atoms with van der Waals surface area (Å²) < 4.78 is 1.85. The number of hydrogen-bond acceptors (Lipinski definition) is 3. The molecule has 0 atom stereocenters. The van der Waals surface area contributed by atoms with Gasteiger partial charge in [-0.3, -0.25) is 4.79 Å². The van der Waals surface area contributed by atoms with E-state index in [1.165, 1.54) is 0 Å². The maximum Gasteiger partial charge on any atom is 0.255 e. The van der Waals surface area contributed by atoms with Crippen molar-refractivity contribution in [2.45, 2.75) is 0 Å². The number of pyridine rings is 1. The van der Waals surface area contributed by atoms with Crippen LogP contribution in [0.25, 0.3) is 16.6 Å². The molecule has 6 heteroatoms. The first-order chi connectivity index (χ1) is 10.3. The third kappa shape index (κ3) is 1.93. The summed E-state index contributed by atoms with van der Waals surface area (Å²) in [7, 11) is 0. The number of nitrogens with one attached hydrogen (secondary N) is 2. The number of carbonyl (C=O) groups excluding carboxylic acids is 1. The number of hydrogen-bond donors (Lipinski definition) is 2. The van der Waals surface area contributed by atoms with Crippen LogP contribution in [0.5, 0.6) is 0 Å². The predicted molar refractivity (Wildman–Crippen MR) is 79.2 cm³/mol. The van der Waals surface area contributed by atoms with Crippen LogP contribution in [-0.4, -0.2) is 25.3 Å². The van der Waals surface area contributed by atoms with E-state index in [1.54, 1.807) is 31.0 Å². The summed E-state index contributed by atoms with van der Waals surface area (Å²) in [5.74, 6) is -0.172. The van der Waals surface area contributed by atoms with Gasteiger partial charge in [-0.25, -0.2) is 9.97 Å². The van der Waals surface area contributed by atoms with Crippen LogP contribution in [0.3, 0.4) is 0 Å². The van der Waals surface area contributed by atoms with Crippen LogP contribution in [0.4, 0.5) is 5.69 Å². The number of H-pyrrole nitrogens is 1. The molecule has 0 fully saturated rings. The average molecular weight is 277 g/mol. The fourth-order valence-electron chi connectivity index (χ4n) is 2.32. The molecule has 0 radical (unpaired) electrons. The zero-order valence-electron chi connectivity index (χ0n) is 10.9. The molecule has 1 amide bonds. The Morgan fingerprint density at radius 1 is 1.29 bits per heavy atom. The molecule has 4 aromatic rings. The molecule has 0 aliphatic rings. The second kappa shape index (κ2) is 4.45.